The predicted molar refractivity (Wildman–Crippen MR) is 86.9 cm³/mol. The van der Waals surface area contributed by atoms with Crippen LogP contribution in [0.2, 0.25) is 5.15 Å². The monoisotopic (exact) mass is 335 g/mol. The molecule has 122 valence electrons. The number of esters is 1. The second kappa shape index (κ2) is 8.39. The molecule has 0 amide bonds. The van der Waals surface area contributed by atoms with Crippen LogP contribution < -0.4 is 9.47 Å². The Bertz CT molecular complexity index is 658. The van der Waals surface area contributed by atoms with Gasteiger partial charge in [0.15, 0.2) is 11.5 Å². The zero-order chi connectivity index (χ0) is 16.7. The molecule has 0 aliphatic rings. The van der Waals surface area contributed by atoms with Crippen molar-refractivity contribution < 1.29 is 19.0 Å². The third kappa shape index (κ3) is 4.86. The normalized spacial score (nSPS) is 10.2. The quantitative estimate of drug-likeness (QED) is 0.573. The number of hydrogen-bond donors (Lipinski definition) is 0. The van der Waals surface area contributed by atoms with Gasteiger partial charge < -0.3 is 14.2 Å². The maximum atomic E-state index is 11.9. The van der Waals surface area contributed by atoms with Crippen LogP contribution in [0.25, 0.3) is 0 Å². The van der Waals surface area contributed by atoms with Crippen LogP contribution >= 0.6 is 11.6 Å². The third-order valence-corrected chi connectivity index (χ3v) is 3.49. The summed E-state index contributed by atoms with van der Waals surface area (Å²) in [6.07, 6.45) is 2.35. The first-order valence-electron chi connectivity index (χ1n) is 7.10. The highest BCUT2D eigenvalue weighted by molar-refractivity contribution is 6.29. The molecule has 1 aromatic carbocycles. The fourth-order valence-electron chi connectivity index (χ4n) is 2.12. The maximum absolute atomic E-state index is 11.9. The zero-order valence-corrected chi connectivity index (χ0v) is 13.8. The smallest absolute Gasteiger partial charge is 0.306 e. The number of hydrogen-bond acceptors (Lipinski definition) is 5. The Balaban J connectivity index is 1.88. The predicted octanol–water partition coefficient (Wildman–Crippen LogP) is 3.43. The SMILES string of the molecule is COc1cccc(CCC(=O)OCc2ccc(Cl)nc2)c1OC. The molecule has 1 heterocycles. The Labute approximate surface area is 140 Å². The van der Waals surface area contributed by atoms with Gasteiger partial charge in [0.25, 0.3) is 0 Å². The second-order valence-electron chi connectivity index (χ2n) is 4.80. The standard InChI is InChI=1S/C17H18ClNO4/c1-21-14-5-3-4-13(17(14)22-2)7-9-16(20)23-11-12-6-8-15(18)19-10-12/h3-6,8,10H,7,9,11H2,1-2H3. The van der Waals surface area contributed by atoms with Gasteiger partial charge in [-0.15, -0.1) is 0 Å². The van der Waals surface area contributed by atoms with Crippen molar-refractivity contribution in [3.8, 4) is 11.5 Å². The van der Waals surface area contributed by atoms with Crippen LogP contribution in [0.5, 0.6) is 11.5 Å². The summed E-state index contributed by atoms with van der Waals surface area (Å²) in [6, 6.07) is 9.01. The van der Waals surface area contributed by atoms with E-state index in [0.717, 1.165) is 11.1 Å². The molecular weight excluding hydrogens is 318 g/mol. The van der Waals surface area contributed by atoms with Crippen molar-refractivity contribution in [2.24, 2.45) is 0 Å². The number of aryl methyl sites for hydroxylation is 1. The van der Waals surface area contributed by atoms with Crippen LogP contribution in [-0.4, -0.2) is 25.2 Å². The summed E-state index contributed by atoms with van der Waals surface area (Å²) in [5.74, 6) is 1.00. The molecule has 2 rings (SSSR count). The molecule has 5 nitrogen and oxygen atoms in total. The van der Waals surface area contributed by atoms with Gasteiger partial charge in [0, 0.05) is 18.2 Å². The number of halogens is 1. The second-order valence-corrected chi connectivity index (χ2v) is 5.19. The molecule has 0 unspecified atom stereocenters. The van der Waals surface area contributed by atoms with Gasteiger partial charge in [-0.3, -0.25) is 4.79 Å². The van der Waals surface area contributed by atoms with Gasteiger partial charge >= 0.3 is 5.97 Å². The summed E-state index contributed by atoms with van der Waals surface area (Å²) in [7, 11) is 3.16. The van der Waals surface area contributed by atoms with E-state index in [1.54, 1.807) is 32.5 Å². The fraction of sp³-hybridized carbons (Fsp3) is 0.294. The van der Waals surface area contributed by atoms with E-state index in [9.17, 15) is 4.79 Å². The van der Waals surface area contributed by atoms with Crippen LogP contribution in [0.3, 0.4) is 0 Å². The van der Waals surface area contributed by atoms with Gasteiger partial charge in [-0.1, -0.05) is 29.8 Å². The number of para-hydroxylation sites is 1. The number of ether oxygens (including phenoxy) is 3. The lowest BCUT2D eigenvalue weighted by Gasteiger charge is -2.12. The molecule has 0 fully saturated rings. The highest BCUT2D eigenvalue weighted by Gasteiger charge is 2.12. The number of methoxy groups -OCH3 is 2. The molecule has 1 aromatic heterocycles. The summed E-state index contributed by atoms with van der Waals surface area (Å²) < 4.78 is 15.8. The molecule has 0 radical (unpaired) electrons. The number of nitrogens with zero attached hydrogens (tertiary/aromatic N) is 1. The first kappa shape index (κ1) is 17.1. The van der Waals surface area contributed by atoms with Gasteiger partial charge in [0.2, 0.25) is 0 Å². The van der Waals surface area contributed by atoms with Crippen LogP contribution in [0.4, 0.5) is 0 Å². The minimum Gasteiger partial charge on any atom is -0.493 e. The lowest BCUT2D eigenvalue weighted by Crippen LogP contribution is -2.07. The van der Waals surface area contributed by atoms with Gasteiger partial charge in [-0.05, 0) is 24.1 Å². The molecule has 0 atom stereocenters. The van der Waals surface area contributed by atoms with Crippen LogP contribution in [-0.2, 0) is 22.6 Å². The summed E-state index contributed by atoms with van der Waals surface area (Å²) in [4.78, 5) is 15.8. The molecule has 0 spiro atoms. The van der Waals surface area contributed by atoms with E-state index in [1.807, 2.05) is 18.2 Å². The first-order chi connectivity index (χ1) is 11.1. The Kier molecular flexibility index (Phi) is 6.23. The average molecular weight is 336 g/mol. The van der Waals surface area contributed by atoms with E-state index in [-0.39, 0.29) is 19.0 Å². The van der Waals surface area contributed by atoms with Gasteiger partial charge in [-0.25, -0.2) is 4.98 Å². The number of carbonyl (C=O) groups excluding carboxylic acids is 1. The van der Waals surface area contributed by atoms with E-state index in [1.165, 1.54) is 0 Å². The fourth-order valence-corrected chi connectivity index (χ4v) is 2.23. The highest BCUT2D eigenvalue weighted by atomic mass is 35.5. The van der Waals surface area contributed by atoms with Crippen molar-refractivity contribution in [1.82, 2.24) is 4.98 Å². The molecule has 0 aliphatic carbocycles. The largest absolute Gasteiger partial charge is 0.493 e. The van der Waals surface area contributed by atoms with Crippen molar-refractivity contribution in [1.29, 1.82) is 0 Å². The van der Waals surface area contributed by atoms with Gasteiger partial charge in [0.1, 0.15) is 11.8 Å². The summed E-state index contributed by atoms with van der Waals surface area (Å²) in [5, 5.41) is 0.408. The van der Waals surface area contributed by atoms with Crippen molar-refractivity contribution in [3.05, 3.63) is 52.8 Å². The van der Waals surface area contributed by atoms with E-state index >= 15 is 0 Å². The molecule has 0 saturated heterocycles. The number of carbonyl (C=O) groups is 1. The van der Waals surface area contributed by atoms with Crippen molar-refractivity contribution in [2.45, 2.75) is 19.4 Å². The number of aromatic nitrogens is 1. The number of pyridine rings is 1. The molecule has 6 heteroatoms. The summed E-state index contributed by atoms with van der Waals surface area (Å²) in [5.41, 5.74) is 1.69. The zero-order valence-electron chi connectivity index (χ0n) is 13.0. The van der Waals surface area contributed by atoms with Gasteiger partial charge in [0.05, 0.1) is 14.2 Å². The van der Waals surface area contributed by atoms with E-state index < -0.39 is 0 Å². The summed E-state index contributed by atoms with van der Waals surface area (Å²) >= 11 is 5.70. The Morgan fingerprint density at radius 3 is 2.65 bits per heavy atom. The molecule has 0 N–H and O–H groups in total. The minimum absolute atomic E-state index is 0.179. The lowest BCUT2D eigenvalue weighted by atomic mass is 10.1. The lowest BCUT2D eigenvalue weighted by molar-refractivity contribution is -0.144. The average Bonchev–Trinajstić information content (AvgIpc) is 2.58. The van der Waals surface area contributed by atoms with E-state index in [4.69, 9.17) is 25.8 Å². The van der Waals surface area contributed by atoms with Crippen LogP contribution in [0, 0.1) is 0 Å². The van der Waals surface area contributed by atoms with Crippen LogP contribution in [0.1, 0.15) is 17.5 Å². The number of rotatable bonds is 7. The maximum Gasteiger partial charge on any atom is 0.306 e. The van der Waals surface area contributed by atoms with Crippen LogP contribution in [0.15, 0.2) is 36.5 Å². The highest BCUT2D eigenvalue weighted by Crippen LogP contribution is 2.31. The van der Waals surface area contributed by atoms with Crippen molar-refractivity contribution >= 4 is 17.6 Å². The first-order valence-corrected chi connectivity index (χ1v) is 7.47. The molecule has 2 aromatic rings. The minimum atomic E-state index is -0.287. The van der Waals surface area contributed by atoms with Gasteiger partial charge in [-0.2, -0.15) is 0 Å². The molecule has 0 aliphatic heterocycles. The molecule has 0 bridgehead atoms. The van der Waals surface area contributed by atoms with Crippen molar-refractivity contribution in [2.75, 3.05) is 14.2 Å². The van der Waals surface area contributed by atoms with E-state index in [0.29, 0.717) is 23.1 Å². The Morgan fingerprint density at radius 2 is 2.00 bits per heavy atom. The molecule has 23 heavy (non-hydrogen) atoms. The Hall–Kier alpha value is -2.27. The summed E-state index contributed by atoms with van der Waals surface area (Å²) in [6.45, 7) is 0.179. The molecule has 0 saturated carbocycles. The Morgan fingerprint density at radius 1 is 1.17 bits per heavy atom. The molecular formula is C17H18ClNO4. The topological polar surface area (TPSA) is 57.7 Å². The van der Waals surface area contributed by atoms with E-state index in [2.05, 4.69) is 4.98 Å². The van der Waals surface area contributed by atoms with Crippen molar-refractivity contribution in [3.63, 3.8) is 0 Å². The third-order valence-electron chi connectivity index (χ3n) is 3.27. The number of benzene rings is 1.